The summed E-state index contributed by atoms with van der Waals surface area (Å²) in [7, 11) is 0. The van der Waals surface area contributed by atoms with Crippen molar-refractivity contribution in [3.63, 3.8) is 0 Å². The van der Waals surface area contributed by atoms with E-state index in [-0.39, 0.29) is 36.8 Å². The molecule has 3 N–H and O–H groups in total. The number of piperidine rings is 1. The van der Waals surface area contributed by atoms with Crippen LogP contribution in [0.4, 0.5) is 0 Å². The van der Waals surface area contributed by atoms with Crippen LogP contribution >= 0.6 is 24.8 Å². The number of carbonyl (C=O) groups is 1. The molecule has 0 aliphatic carbocycles. The summed E-state index contributed by atoms with van der Waals surface area (Å²) in [6.45, 7) is 6.32. The van der Waals surface area contributed by atoms with Gasteiger partial charge in [0.2, 0.25) is 5.91 Å². The van der Waals surface area contributed by atoms with Crippen molar-refractivity contribution < 1.29 is 4.79 Å². The molecule has 3 rings (SSSR count). The number of aromatic amines is 1. The van der Waals surface area contributed by atoms with Crippen LogP contribution in [0.1, 0.15) is 45.0 Å². The average molecular weight is 387 g/mol. The summed E-state index contributed by atoms with van der Waals surface area (Å²) in [6.07, 6.45) is 2.94. The second-order valence-corrected chi connectivity index (χ2v) is 6.70. The van der Waals surface area contributed by atoms with E-state index in [1.807, 2.05) is 31.2 Å². The molecule has 1 amide bonds. The Labute approximate surface area is 161 Å². The van der Waals surface area contributed by atoms with E-state index in [4.69, 9.17) is 0 Å². The fourth-order valence-corrected chi connectivity index (χ4v) is 3.42. The van der Waals surface area contributed by atoms with Crippen LogP contribution in [0.5, 0.6) is 0 Å². The first kappa shape index (κ1) is 21.7. The minimum atomic E-state index is -0.102. The molecule has 0 saturated carbocycles. The van der Waals surface area contributed by atoms with Crippen LogP contribution in [-0.4, -0.2) is 29.0 Å². The Morgan fingerprint density at radius 3 is 2.60 bits per heavy atom. The molecule has 25 heavy (non-hydrogen) atoms. The number of fused-ring (bicyclic) bond motifs is 1. The van der Waals surface area contributed by atoms with E-state index in [2.05, 4.69) is 27.5 Å². The Morgan fingerprint density at radius 1 is 1.24 bits per heavy atom. The normalized spacial score (nSPS) is 17.2. The van der Waals surface area contributed by atoms with E-state index < -0.39 is 0 Å². The van der Waals surface area contributed by atoms with Crippen molar-refractivity contribution in [1.29, 1.82) is 0 Å². The number of benzene rings is 1. The predicted octanol–water partition coefficient (Wildman–Crippen LogP) is 3.61. The number of imidazole rings is 1. The highest BCUT2D eigenvalue weighted by Gasteiger charge is 2.23. The molecule has 1 saturated heterocycles. The monoisotopic (exact) mass is 386 g/mol. The molecule has 5 nitrogen and oxygen atoms in total. The maximum absolute atomic E-state index is 12.3. The Morgan fingerprint density at radius 2 is 1.92 bits per heavy atom. The molecule has 7 heteroatoms. The molecular formula is C18H28Cl2N4O. The quantitative estimate of drug-likeness (QED) is 0.734. The molecule has 0 radical (unpaired) electrons. The van der Waals surface area contributed by atoms with Gasteiger partial charge in [-0.05, 0) is 56.8 Å². The lowest BCUT2D eigenvalue weighted by Crippen LogP contribution is -2.34. The number of nitrogens with one attached hydrogen (secondary N) is 3. The lowest BCUT2D eigenvalue weighted by Gasteiger charge is -2.28. The van der Waals surface area contributed by atoms with Crippen LogP contribution in [0, 0.1) is 11.8 Å². The molecule has 1 fully saturated rings. The lowest BCUT2D eigenvalue weighted by atomic mass is 9.84. The second kappa shape index (κ2) is 10.00. The predicted molar refractivity (Wildman–Crippen MR) is 107 cm³/mol. The summed E-state index contributed by atoms with van der Waals surface area (Å²) in [5.41, 5.74) is 1.94. The summed E-state index contributed by atoms with van der Waals surface area (Å²) in [5.74, 6) is 2.02. The maximum atomic E-state index is 12.3. The molecule has 2 atom stereocenters. The fourth-order valence-electron chi connectivity index (χ4n) is 3.42. The number of H-pyrrole nitrogens is 1. The minimum Gasteiger partial charge on any atom is -0.346 e. The van der Waals surface area contributed by atoms with Crippen LogP contribution in [0.25, 0.3) is 11.0 Å². The van der Waals surface area contributed by atoms with Crippen LogP contribution in [0.2, 0.25) is 0 Å². The van der Waals surface area contributed by atoms with E-state index in [1.165, 1.54) is 12.8 Å². The van der Waals surface area contributed by atoms with Gasteiger partial charge in [-0.1, -0.05) is 19.1 Å². The molecule has 0 spiro atoms. The van der Waals surface area contributed by atoms with Gasteiger partial charge in [0, 0.05) is 6.42 Å². The van der Waals surface area contributed by atoms with Crippen LogP contribution in [-0.2, 0) is 4.79 Å². The Bertz CT molecular complexity index is 637. The minimum absolute atomic E-state index is 0. The molecule has 0 bridgehead atoms. The van der Waals surface area contributed by atoms with Gasteiger partial charge < -0.3 is 15.6 Å². The first-order chi connectivity index (χ1) is 11.1. The topological polar surface area (TPSA) is 69.8 Å². The van der Waals surface area contributed by atoms with Gasteiger partial charge >= 0.3 is 0 Å². The number of nitrogens with zero attached hydrogens (tertiary/aromatic N) is 1. The van der Waals surface area contributed by atoms with Crippen molar-refractivity contribution in [1.82, 2.24) is 20.6 Å². The highest BCUT2D eigenvalue weighted by Crippen LogP contribution is 2.24. The van der Waals surface area contributed by atoms with E-state index in [1.54, 1.807) is 0 Å². The summed E-state index contributed by atoms with van der Waals surface area (Å²) in [4.78, 5) is 20.2. The standard InChI is InChI=1S/C18H26N4O.2ClH/c1-12(14-7-9-19-10-8-14)11-17(23)20-13(2)18-21-15-5-3-4-6-16(15)22-18;;/h3-6,12-14,19H,7-11H2,1-2H3,(H,20,23)(H,21,22);2*1H. The molecule has 1 aromatic heterocycles. The zero-order chi connectivity index (χ0) is 16.2. The van der Waals surface area contributed by atoms with Crippen molar-refractivity contribution in [2.75, 3.05) is 13.1 Å². The Balaban J connectivity index is 0.00000156. The van der Waals surface area contributed by atoms with Crippen LogP contribution in [0.15, 0.2) is 24.3 Å². The van der Waals surface area contributed by atoms with Crippen molar-refractivity contribution in [2.24, 2.45) is 11.8 Å². The van der Waals surface area contributed by atoms with E-state index in [0.717, 1.165) is 29.9 Å². The van der Waals surface area contributed by atoms with Crippen molar-refractivity contribution in [3.05, 3.63) is 30.1 Å². The number of halogens is 2. The van der Waals surface area contributed by atoms with Gasteiger partial charge in [0.05, 0.1) is 17.1 Å². The van der Waals surface area contributed by atoms with E-state index in [9.17, 15) is 4.79 Å². The summed E-state index contributed by atoms with van der Waals surface area (Å²) in [6, 6.07) is 7.82. The fraction of sp³-hybridized carbons (Fsp3) is 0.556. The highest BCUT2D eigenvalue weighted by atomic mass is 35.5. The summed E-state index contributed by atoms with van der Waals surface area (Å²) < 4.78 is 0. The Hall–Kier alpha value is -1.30. The van der Waals surface area contributed by atoms with Gasteiger partial charge in [-0.3, -0.25) is 4.79 Å². The van der Waals surface area contributed by atoms with Crippen LogP contribution < -0.4 is 10.6 Å². The van der Waals surface area contributed by atoms with Gasteiger partial charge in [0.15, 0.2) is 0 Å². The molecule has 2 heterocycles. The molecule has 1 aliphatic rings. The first-order valence-corrected chi connectivity index (χ1v) is 8.58. The smallest absolute Gasteiger partial charge is 0.220 e. The zero-order valence-corrected chi connectivity index (χ0v) is 16.4. The number of hydrogen-bond donors (Lipinski definition) is 3. The van der Waals surface area contributed by atoms with Crippen LogP contribution in [0.3, 0.4) is 0 Å². The zero-order valence-electron chi connectivity index (χ0n) is 14.7. The molecule has 1 aromatic carbocycles. The van der Waals surface area contributed by atoms with Gasteiger partial charge in [-0.2, -0.15) is 0 Å². The number of aromatic nitrogens is 2. The summed E-state index contributed by atoms with van der Waals surface area (Å²) in [5, 5.41) is 6.46. The number of hydrogen-bond acceptors (Lipinski definition) is 3. The second-order valence-electron chi connectivity index (χ2n) is 6.70. The maximum Gasteiger partial charge on any atom is 0.220 e. The third kappa shape index (κ3) is 5.59. The molecule has 1 aliphatic heterocycles. The number of rotatable bonds is 5. The average Bonchev–Trinajstić information content (AvgIpc) is 2.99. The van der Waals surface area contributed by atoms with Crippen molar-refractivity contribution in [2.45, 2.75) is 39.2 Å². The molecular weight excluding hydrogens is 359 g/mol. The van der Waals surface area contributed by atoms with Gasteiger partial charge in [-0.15, -0.1) is 24.8 Å². The number of carbonyl (C=O) groups excluding carboxylic acids is 1. The van der Waals surface area contributed by atoms with E-state index in [0.29, 0.717) is 18.3 Å². The SMILES string of the molecule is CC(NC(=O)CC(C)C1CCNCC1)c1nc2ccccc2[nH]1.Cl.Cl. The number of para-hydroxylation sites is 2. The largest absolute Gasteiger partial charge is 0.346 e. The Kier molecular flexibility index (Phi) is 8.69. The highest BCUT2D eigenvalue weighted by molar-refractivity contribution is 5.85. The van der Waals surface area contributed by atoms with Gasteiger partial charge in [0.25, 0.3) is 0 Å². The first-order valence-electron chi connectivity index (χ1n) is 8.58. The molecule has 2 unspecified atom stereocenters. The lowest BCUT2D eigenvalue weighted by molar-refractivity contribution is -0.123. The third-order valence-electron chi connectivity index (χ3n) is 4.89. The summed E-state index contributed by atoms with van der Waals surface area (Å²) >= 11 is 0. The van der Waals surface area contributed by atoms with Gasteiger partial charge in [0.1, 0.15) is 5.82 Å². The van der Waals surface area contributed by atoms with Crippen molar-refractivity contribution in [3.8, 4) is 0 Å². The van der Waals surface area contributed by atoms with Gasteiger partial charge in [-0.25, -0.2) is 4.98 Å². The molecule has 2 aromatic rings. The molecule has 140 valence electrons. The van der Waals surface area contributed by atoms with Crippen molar-refractivity contribution >= 4 is 41.8 Å². The third-order valence-corrected chi connectivity index (χ3v) is 4.89. The number of amides is 1. The van der Waals surface area contributed by atoms with E-state index >= 15 is 0 Å².